The Hall–Kier alpha value is -4.17. The highest BCUT2D eigenvalue weighted by molar-refractivity contribution is 7.16. The number of nitrogens with zero attached hydrogens (tertiary/aromatic N) is 3. The molecule has 36 heavy (non-hydrogen) atoms. The maximum absolute atomic E-state index is 13.6. The number of hydrogen-bond acceptors (Lipinski definition) is 8. The van der Waals surface area contributed by atoms with Crippen molar-refractivity contribution in [2.45, 2.75) is 33.3 Å². The number of thiophene rings is 1. The number of carbonyl (C=O) groups is 2. The van der Waals surface area contributed by atoms with Crippen LogP contribution in [-0.2, 0) is 20.9 Å². The minimum Gasteiger partial charge on any atom is -0.457 e. The van der Waals surface area contributed by atoms with Crippen LogP contribution >= 0.6 is 11.3 Å². The smallest absolute Gasteiger partial charge is 0.337 e. The van der Waals surface area contributed by atoms with Gasteiger partial charge in [-0.3, -0.25) is 14.8 Å². The molecule has 5 rings (SSSR count). The molecule has 1 atom stereocenters. The van der Waals surface area contributed by atoms with Crippen molar-refractivity contribution in [3.63, 3.8) is 0 Å². The van der Waals surface area contributed by atoms with Crippen molar-refractivity contribution in [1.82, 2.24) is 20.3 Å². The van der Waals surface area contributed by atoms with Gasteiger partial charge >= 0.3 is 5.97 Å². The summed E-state index contributed by atoms with van der Waals surface area (Å²) in [6.07, 6.45) is 8.64. The molecule has 0 aliphatic carbocycles. The normalized spacial score (nSPS) is 15.7. The lowest BCUT2D eigenvalue weighted by Crippen LogP contribution is -2.31. The zero-order valence-electron chi connectivity index (χ0n) is 20.1. The summed E-state index contributed by atoms with van der Waals surface area (Å²) in [6, 6.07) is 9.57. The molecule has 0 spiro atoms. The van der Waals surface area contributed by atoms with Gasteiger partial charge in [0.1, 0.15) is 11.4 Å². The molecule has 0 aromatic carbocycles. The van der Waals surface area contributed by atoms with Crippen LogP contribution in [0.1, 0.15) is 37.8 Å². The van der Waals surface area contributed by atoms with E-state index in [1.807, 2.05) is 49.6 Å². The van der Waals surface area contributed by atoms with E-state index in [2.05, 4.69) is 20.3 Å². The largest absolute Gasteiger partial charge is 0.457 e. The van der Waals surface area contributed by atoms with Crippen molar-refractivity contribution in [1.29, 1.82) is 0 Å². The quantitative estimate of drug-likeness (QED) is 0.361. The molecule has 1 aliphatic heterocycles. The summed E-state index contributed by atoms with van der Waals surface area (Å²) < 4.78 is 5.79. The van der Waals surface area contributed by atoms with Crippen LogP contribution < -0.4 is 5.32 Å². The SMILES string of the molecule is CC(=O)C1=C(C)NC(C)=C(C(=O)OCc2cncc(-c3cccnc3)c2)C1c1csc2ncccc12. The number of carbonyl (C=O) groups excluding carboxylic acids is 2. The van der Waals surface area contributed by atoms with Crippen LogP contribution in [0.25, 0.3) is 21.3 Å². The molecule has 0 bridgehead atoms. The maximum Gasteiger partial charge on any atom is 0.337 e. The minimum atomic E-state index is -0.547. The third-order valence-corrected chi connectivity index (χ3v) is 7.13. The van der Waals surface area contributed by atoms with Crippen molar-refractivity contribution in [3.8, 4) is 11.1 Å². The Morgan fingerprint density at radius 1 is 1.00 bits per heavy atom. The van der Waals surface area contributed by atoms with Crippen molar-refractivity contribution in [3.05, 3.63) is 100 Å². The first-order valence-electron chi connectivity index (χ1n) is 11.5. The summed E-state index contributed by atoms with van der Waals surface area (Å²) in [5, 5.41) is 6.12. The molecular weight excluding hydrogens is 472 g/mol. The van der Waals surface area contributed by atoms with Crippen LogP contribution in [0, 0.1) is 0 Å². The summed E-state index contributed by atoms with van der Waals surface area (Å²) in [4.78, 5) is 40.1. The molecular formula is C28H24N4O3S. The molecule has 1 aliphatic rings. The molecule has 1 N–H and O–H groups in total. The van der Waals surface area contributed by atoms with Gasteiger partial charge in [-0.25, -0.2) is 9.78 Å². The molecule has 5 heterocycles. The number of allylic oxidation sites excluding steroid dienone is 3. The summed E-state index contributed by atoms with van der Waals surface area (Å²) in [6.45, 7) is 5.27. The molecule has 8 heteroatoms. The minimum absolute atomic E-state index is 0.0491. The van der Waals surface area contributed by atoms with Gasteiger partial charge in [0.2, 0.25) is 0 Å². The van der Waals surface area contributed by atoms with Gasteiger partial charge in [0.15, 0.2) is 5.78 Å². The molecule has 0 saturated carbocycles. The number of pyridine rings is 3. The van der Waals surface area contributed by atoms with Crippen molar-refractivity contribution in [2.75, 3.05) is 0 Å². The number of esters is 1. The molecule has 1 unspecified atom stereocenters. The Kier molecular flexibility index (Phi) is 6.43. The van der Waals surface area contributed by atoms with E-state index < -0.39 is 11.9 Å². The van der Waals surface area contributed by atoms with Gasteiger partial charge in [-0.2, -0.15) is 0 Å². The van der Waals surface area contributed by atoms with Gasteiger partial charge in [0.05, 0.1) is 5.57 Å². The Morgan fingerprint density at radius 3 is 2.56 bits per heavy atom. The van der Waals surface area contributed by atoms with Crippen LogP contribution in [0.4, 0.5) is 0 Å². The molecule has 0 radical (unpaired) electrons. The van der Waals surface area contributed by atoms with Crippen molar-refractivity contribution < 1.29 is 14.3 Å². The third kappa shape index (κ3) is 4.43. The standard InChI is InChI=1S/C28H24N4O3S/c1-16-24(18(3)33)26(23-15-36-27-22(23)7-5-9-31-27)25(17(2)32-16)28(34)35-14-19-10-21(13-30-11-19)20-6-4-8-29-12-20/h4-13,15,26,32H,14H2,1-3H3. The second-order valence-electron chi connectivity index (χ2n) is 8.64. The molecule has 0 saturated heterocycles. The second-order valence-corrected chi connectivity index (χ2v) is 9.50. The average Bonchev–Trinajstić information content (AvgIpc) is 3.31. The first-order chi connectivity index (χ1) is 17.4. The molecule has 4 aromatic heterocycles. The monoisotopic (exact) mass is 496 g/mol. The number of fused-ring (bicyclic) bond motifs is 1. The van der Waals surface area contributed by atoms with Gasteiger partial charge in [-0.1, -0.05) is 12.1 Å². The molecule has 0 amide bonds. The Balaban J connectivity index is 1.47. The lowest BCUT2D eigenvalue weighted by Gasteiger charge is -2.30. The first-order valence-corrected chi connectivity index (χ1v) is 12.3. The lowest BCUT2D eigenvalue weighted by atomic mass is 9.79. The van der Waals surface area contributed by atoms with Crippen LogP contribution in [0.3, 0.4) is 0 Å². The van der Waals surface area contributed by atoms with Gasteiger partial charge in [0, 0.05) is 75.9 Å². The van der Waals surface area contributed by atoms with E-state index in [9.17, 15) is 9.59 Å². The number of nitrogens with one attached hydrogen (secondary N) is 1. The third-order valence-electron chi connectivity index (χ3n) is 6.21. The fraction of sp³-hybridized carbons (Fsp3) is 0.179. The van der Waals surface area contributed by atoms with E-state index in [0.717, 1.165) is 38.2 Å². The Morgan fingerprint density at radius 2 is 1.78 bits per heavy atom. The molecule has 7 nitrogen and oxygen atoms in total. The number of Topliss-reactive ketones (excluding diaryl/α,β-unsaturated/α-hetero) is 1. The van der Waals surface area contributed by atoms with E-state index in [1.165, 1.54) is 18.3 Å². The summed E-state index contributed by atoms with van der Waals surface area (Å²) in [7, 11) is 0. The predicted octanol–water partition coefficient (Wildman–Crippen LogP) is 5.32. The molecule has 4 aromatic rings. The van der Waals surface area contributed by atoms with Gasteiger partial charge in [0.25, 0.3) is 0 Å². The van der Waals surface area contributed by atoms with E-state index in [0.29, 0.717) is 16.8 Å². The van der Waals surface area contributed by atoms with Crippen molar-refractivity contribution >= 4 is 33.3 Å². The van der Waals surface area contributed by atoms with Crippen LogP contribution in [-0.4, -0.2) is 26.7 Å². The highest BCUT2D eigenvalue weighted by Gasteiger charge is 2.37. The summed E-state index contributed by atoms with van der Waals surface area (Å²) in [5.41, 5.74) is 5.82. The fourth-order valence-corrected chi connectivity index (χ4v) is 5.57. The Bertz CT molecular complexity index is 1540. The van der Waals surface area contributed by atoms with Gasteiger partial charge in [-0.15, -0.1) is 11.3 Å². The highest BCUT2D eigenvalue weighted by atomic mass is 32.1. The van der Waals surface area contributed by atoms with E-state index in [1.54, 1.807) is 31.0 Å². The maximum atomic E-state index is 13.6. The number of hydrogen-bond donors (Lipinski definition) is 1. The predicted molar refractivity (Wildman–Crippen MR) is 139 cm³/mol. The second kappa shape index (κ2) is 9.83. The van der Waals surface area contributed by atoms with E-state index in [4.69, 9.17) is 4.74 Å². The average molecular weight is 497 g/mol. The van der Waals surface area contributed by atoms with E-state index >= 15 is 0 Å². The molecule has 0 fully saturated rings. The first kappa shape index (κ1) is 23.6. The zero-order chi connectivity index (χ0) is 25.2. The highest BCUT2D eigenvalue weighted by Crippen LogP contribution is 2.43. The topological polar surface area (TPSA) is 94.1 Å². The van der Waals surface area contributed by atoms with Crippen molar-refractivity contribution in [2.24, 2.45) is 0 Å². The van der Waals surface area contributed by atoms with Gasteiger partial charge < -0.3 is 10.1 Å². The van der Waals surface area contributed by atoms with Crippen LogP contribution in [0.15, 0.2) is 89.2 Å². The van der Waals surface area contributed by atoms with Crippen LogP contribution in [0.5, 0.6) is 0 Å². The lowest BCUT2D eigenvalue weighted by molar-refractivity contribution is -0.140. The van der Waals surface area contributed by atoms with Gasteiger partial charge in [-0.05, 0) is 49.9 Å². The summed E-state index contributed by atoms with van der Waals surface area (Å²) >= 11 is 1.49. The number of ketones is 1. The number of ether oxygens (including phenoxy) is 1. The van der Waals surface area contributed by atoms with E-state index in [-0.39, 0.29) is 12.4 Å². The van der Waals surface area contributed by atoms with Crippen LogP contribution in [0.2, 0.25) is 0 Å². The number of aromatic nitrogens is 3. The summed E-state index contributed by atoms with van der Waals surface area (Å²) in [5.74, 6) is -1.13. The number of rotatable bonds is 6. The zero-order valence-corrected chi connectivity index (χ0v) is 20.9. The molecule has 180 valence electrons. The fourth-order valence-electron chi connectivity index (χ4n) is 4.64. The number of dihydropyridines is 1. The Labute approximate surface area is 212 Å².